The zero-order chi connectivity index (χ0) is 17.9. The number of halogens is 1. The van der Waals surface area contributed by atoms with Crippen molar-refractivity contribution in [3.63, 3.8) is 0 Å². The molecule has 4 rings (SSSR count). The molecule has 3 heterocycles. The van der Waals surface area contributed by atoms with E-state index >= 15 is 0 Å². The average Bonchev–Trinajstić information content (AvgIpc) is 3.40. The SMILES string of the molecule is CCn1c(SCc2cc(-c3ccc(Cl)cc3)no2)nnc1-c1ccco1. The van der Waals surface area contributed by atoms with Crippen molar-refractivity contribution in [3.05, 3.63) is 59.5 Å². The minimum Gasteiger partial charge on any atom is -0.461 e. The topological polar surface area (TPSA) is 69.9 Å². The van der Waals surface area contributed by atoms with E-state index in [1.165, 1.54) is 0 Å². The van der Waals surface area contributed by atoms with Gasteiger partial charge in [0.15, 0.2) is 16.7 Å². The number of nitrogens with zero attached hydrogens (tertiary/aromatic N) is 4. The van der Waals surface area contributed by atoms with E-state index in [0.717, 1.165) is 34.5 Å². The van der Waals surface area contributed by atoms with Crippen LogP contribution in [0.3, 0.4) is 0 Å². The highest BCUT2D eigenvalue weighted by molar-refractivity contribution is 7.98. The number of rotatable bonds is 6. The lowest BCUT2D eigenvalue weighted by Crippen LogP contribution is -1.99. The van der Waals surface area contributed by atoms with Crippen molar-refractivity contribution in [2.45, 2.75) is 24.4 Å². The third kappa shape index (κ3) is 3.40. The van der Waals surface area contributed by atoms with Gasteiger partial charge in [0.05, 0.1) is 12.0 Å². The summed E-state index contributed by atoms with van der Waals surface area (Å²) in [7, 11) is 0. The van der Waals surface area contributed by atoms with Crippen LogP contribution in [0.15, 0.2) is 62.8 Å². The molecule has 0 bridgehead atoms. The third-order valence-corrected chi connectivity index (χ3v) is 5.06. The zero-order valence-electron chi connectivity index (χ0n) is 13.9. The molecule has 0 N–H and O–H groups in total. The van der Waals surface area contributed by atoms with Crippen LogP contribution in [0.2, 0.25) is 5.02 Å². The highest BCUT2D eigenvalue weighted by Crippen LogP contribution is 2.28. The van der Waals surface area contributed by atoms with Crippen molar-refractivity contribution in [1.82, 2.24) is 19.9 Å². The molecule has 0 aliphatic carbocycles. The first-order chi connectivity index (χ1) is 12.7. The smallest absolute Gasteiger partial charge is 0.200 e. The second-order valence-corrected chi connectivity index (χ2v) is 6.88. The third-order valence-electron chi connectivity index (χ3n) is 3.82. The van der Waals surface area contributed by atoms with Gasteiger partial charge >= 0.3 is 0 Å². The molecule has 26 heavy (non-hydrogen) atoms. The molecule has 0 unspecified atom stereocenters. The van der Waals surface area contributed by atoms with E-state index in [4.69, 9.17) is 20.5 Å². The number of hydrogen-bond donors (Lipinski definition) is 0. The van der Waals surface area contributed by atoms with Crippen LogP contribution in [0, 0.1) is 0 Å². The monoisotopic (exact) mass is 386 g/mol. The van der Waals surface area contributed by atoms with Crippen molar-refractivity contribution in [2.75, 3.05) is 0 Å². The van der Waals surface area contributed by atoms with Gasteiger partial charge in [0, 0.05) is 23.2 Å². The van der Waals surface area contributed by atoms with Crippen molar-refractivity contribution in [1.29, 1.82) is 0 Å². The fourth-order valence-corrected chi connectivity index (χ4v) is 3.55. The predicted molar refractivity (Wildman–Crippen MR) is 99.9 cm³/mol. The molecule has 0 saturated carbocycles. The van der Waals surface area contributed by atoms with Gasteiger partial charge in [-0.2, -0.15) is 0 Å². The molecule has 0 fully saturated rings. The Morgan fingerprint density at radius 3 is 2.73 bits per heavy atom. The molecule has 0 aliphatic rings. The van der Waals surface area contributed by atoms with Crippen LogP contribution in [-0.2, 0) is 12.3 Å². The highest BCUT2D eigenvalue weighted by Gasteiger charge is 2.16. The summed E-state index contributed by atoms with van der Waals surface area (Å²) in [5.74, 6) is 2.80. The molecule has 3 aromatic heterocycles. The Balaban J connectivity index is 1.49. The first-order valence-electron chi connectivity index (χ1n) is 8.06. The average molecular weight is 387 g/mol. The Bertz CT molecular complexity index is 993. The molecule has 0 saturated heterocycles. The Morgan fingerprint density at radius 2 is 2.00 bits per heavy atom. The molecular formula is C18H15ClN4O2S. The fraction of sp³-hybridized carbons (Fsp3) is 0.167. The molecule has 0 atom stereocenters. The van der Waals surface area contributed by atoms with Gasteiger partial charge in [-0.25, -0.2) is 0 Å². The van der Waals surface area contributed by atoms with Crippen molar-refractivity contribution in [3.8, 4) is 22.8 Å². The van der Waals surface area contributed by atoms with E-state index in [9.17, 15) is 0 Å². The number of aromatic nitrogens is 4. The molecule has 0 spiro atoms. The summed E-state index contributed by atoms with van der Waals surface area (Å²) in [4.78, 5) is 0. The lowest BCUT2D eigenvalue weighted by Gasteiger charge is -2.04. The van der Waals surface area contributed by atoms with Crippen LogP contribution < -0.4 is 0 Å². The van der Waals surface area contributed by atoms with Crippen LogP contribution in [0.5, 0.6) is 0 Å². The molecule has 132 valence electrons. The summed E-state index contributed by atoms with van der Waals surface area (Å²) in [5.41, 5.74) is 1.75. The van der Waals surface area contributed by atoms with Crippen molar-refractivity contribution >= 4 is 23.4 Å². The number of thioether (sulfide) groups is 1. The number of benzene rings is 1. The van der Waals surface area contributed by atoms with Crippen LogP contribution in [0.25, 0.3) is 22.8 Å². The van der Waals surface area contributed by atoms with E-state index in [1.54, 1.807) is 18.0 Å². The van der Waals surface area contributed by atoms with Gasteiger partial charge in [0.2, 0.25) is 0 Å². The Hall–Kier alpha value is -2.51. The van der Waals surface area contributed by atoms with Gasteiger partial charge in [0.25, 0.3) is 0 Å². The van der Waals surface area contributed by atoms with Crippen molar-refractivity contribution < 1.29 is 8.94 Å². The lowest BCUT2D eigenvalue weighted by molar-refractivity contribution is 0.397. The Kier molecular flexibility index (Phi) is 4.81. The maximum atomic E-state index is 5.92. The van der Waals surface area contributed by atoms with E-state index in [2.05, 4.69) is 15.4 Å². The summed E-state index contributed by atoms with van der Waals surface area (Å²) < 4.78 is 12.9. The van der Waals surface area contributed by atoms with Gasteiger partial charge in [-0.05, 0) is 31.2 Å². The summed E-state index contributed by atoms with van der Waals surface area (Å²) >= 11 is 7.47. The largest absolute Gasteiger partial charge is 0.461 e. The van der Waals surface area contributed by atoms with E-state index in [1.807, 2.05) is 54.0 Å². The minimum atomic E-state index is 0.608. The second kappa shape index (κ2) is 7.39. The molecule has 0 aliphatic heterocycles. The summed E-state index contributed by atoms with van der Waals surface area (Å²) in [6, 6.07) is 13.1. The minimum absolute atomic E-state index is 0.608. The first kappa shape index (κ1) is 16.9. The van der Waals surface area contributed by atoms with E-state index in [0.29, 0.717) is 16.5 Å². The fourth-order valence-electron chi connectivity index (χ4n) is 2.54. The molecule has 4 aromatic rings. The van der Waals surface area contributed by atoms with Gasteiger partial charge in [0.1, 0.15) is 11.5 Å². The number of hydrogen-bond acceptors (Lipinski definition) is 6. The predicted octanol–water partition coefficient (Wildman–Crippen LogP) is 5.16. The lowest BCUT2D eigenvalue weighted by atomic mass is 10.1. The second-order valence-electron chi connectivity index (χ2n) is 5.50. The summed E-state index contributed by atoms with van der Waals surface area (Å²) in [6.45, 7) is 2.80. The summed E-state index contributed by atoms with van der Waals surface area (Å²) in [6.07, 6.45) is 1.63. The number of furan rings is 1. The zero-order valence-corrected chi connectivity index (χ0v) is 15.5. The van der Waals surface area contributed by atoms with Gasteiger partial charge in [-0.15, -0.1) is 10.2 Å². The molecular weight excluding hydrogens is 372 g/mol. The normalized spacial score (nSPS) is 11.2. The summed E-state index contributed by atoms with van der Waals surface area (Å²) in [5, 5.41) is 14.1. The van der Waals surface area contributed by atoms with Gasteiger partial charge in [-0.1, -0.05) is 40.7 Å². The Labute approximate surface area is 159 Å². The molecule has 0 radical (unpaired) electrons. The standard InChI is InChI=1S/C18H15ClN4O2S/c1-2-23-17(16-4-3-9-24-16)20-21-18(23)26-11-14-10-15(22-25-14)12-5-7-13(19)8-6-12/h3-10H,2,11H2,1H3. The van der Waals surface area contributed by atoms with Crippen molar-refractivity contribution in [2.24, 2.45) is 0 Å². The van der Waals surface area contributed by atoms with E-state index < -0.39 is 0 Å². The van der Waals surface area contributed by atoms with Crippen LogP contribution >= 0.6 is 23.4 Å². The quantitative estimate of drug-likeness (QED) is 0.426. The first-order valence-corrected chi connectivity index (χ1v) is 9.42. The van der Waals surface area contributed by atoms with E-state index in [-0.39, 0.29) is 0 Å². The highest BCUT2D eigenvalue weighted by atomic mass is 35.5. The maximum Gasteiger partial charge on any atom is 0.200 e. The van der Waals surface area contributed by atoms with Gasteiger partial charge in [-0.3, -0.25) is 4.57 Å². The molecule has 8 heteroatoms. The molecule has 6 nitrogen and oxygen atoms in total. The molecule has 0 amide bonds. The van der Waals surface area contributed by atoms with Crippen LogP contribution in [0.4, 0.5) is 0 Å². The van der Waals surface area contributed by atoms with Crippen LogP contribution in [0.1, 0.15) is 12.7 Å². The van der Waals surface area contributed by atoms with Crippen LogP contribution in [-0.4, -0.2) is 19.9 Å². The molecule has 1 aromatic carbocycles. The maximum absolute atomic E-state index is 5.92. The van der Waals surface area contributed by atoms with Gasteiger partial charge < -0.3 is 8.94 Å². The Morgan fingerprint density at radius 1 is 1.15 bits per heavy atom.